The first-order valence-corrected chi connectivity index (χ1v) is 9.89. The Morgan fingerprint density at radius 2 is 2.08 bits per heavy atom. The van der Waals surface area contributed by atoms with Gasteiger partial charge >= 0.3 is 0 Å². The first-order chi connectivity index (χ1) is 11.8. The van der Waals surface area contributed by atoms with Crippen LogP contribution in [0.3, 0.4) is 0 Å². The van der Waals surface area contributed by atoms with Crippen LogP contribution in [0.1, 0.15) is 18.5 Å². The number of aliphatic imine (C=N–C) groups is 1. The van der Waals surface area contributed by atoms with Crippen LogP contribution in [0.25, 0.3) is 0 Å². The van der Waals surface area contributed by atoms with Crippen LogP contribution >= 0.6 is 0 Å². The van der Waals surface area contributed by atoms with E-state index < -0.39 is 15.7 Å². The topological polar surface area (TPSA) is 89.0 Å². The molecule has 0 saturated heterocycles. The Morgan fingerprint density at radius 3 is 2.64 bits per heavy atom. The van der Waals surface area contributed by atoms with Gasteiger partial charge in [0.05, 0.1) is 32.1 Å². The Kier molecular flexibility index (Phi) is 8.64. The number of ether oxygens (including phenoxy) is 2. The molecular formula is C16H26FN3O4S. The SMILES string of the molecule is CN=C(NCCOCCS(C)(=O)=O)NC(C)c1ccc(OC)c(F)c1. The minimum Gasteiger partial charge on any atom is -0.494 e. The number of nitrogens with one attached hydrogen (secondary N) is 2. The van der Waals surface area contributed by atoms with E-state index in [0.717, 1.165) is 5.56 Å². The van der Waals surface area contributed by atoms with Crippen LogP contribution in [0.5, 0.6) is 5.75 Å². The number of guanidine groups is 1. The molecule has 7 nitrogen and oxygen atoms in total. The minimum atomic E-state index is -3.01. The third kappa shape index (κ3) is 8.17. The molecule has 2 N–H and O–H groups in total. The number of hydrogen-bond acceptors (Lipinski definition) is 5. The maximum atomic E-state index is 13.8. The molecule has 0 heterocycles. The summed E-state index contributed by atoms with van der Waals surface area (Å²) in [6, 6.07) is 4.60. The van der Waals surface area contributed by atoms with Crippen LogP contribution < -0.4 is 15.4 Å². The summed E-state index contributed by atoms with van der Waals surface area (Å²) in [4.78, 5) is 4.09. The van der Waals surface area contributed by atoms with Gasteiger partial charge in [0.1, 0.15) is 9.84 Å². The van der Waals surface area contributed by atoms with Gasteiger partial charge in [0.2, 0.25) is 0 Å². The molecule has 0 aliphatic heterocycles. The van der Waals surface area contributed by atoms with Crippen molar-refractivity contribution in [1.29, 1.82) is 0 Å². The van der Waals surface area contributed by atoms with Crippen LogP contribution in [0.15, 0.2) is 23.2 Å². The Bertz CT molecular complexity index is 680. The lowest BCUT2D eigenvalue weighted by atomic mass is 10.1. The van der Waals surface area contributed by atoms with Crippen LogP contribution in [-0.4, -0.2) is 60.3 Å². The molecule has 0 bridgehead atoms. The number of benzene rings is 1. The van der Waals surface area contributed by atoms with Crippen molar-refractivity contribution in [1.82, 2.24) is 10.6 Å². The average Bonchev–Trinajstić information content (AvgIpc) is 2.55. The van der Waals surface area contributed by atoms with E-state index in [4.69, 9.17) is 9.47 Å². The summed E-state index contributed by atoms with van der Waals surface area (Å²) >= 11 is 0. The molecule has 0 spiro atoms. The van der Waals surface area contributed by atoms with E-state index in [0.29, 0.717) is 19.1 Å². The van der Waals surface area contributed by atoms with Crippen LogP contribution in [0, 0.1) is 5.82 Å². The Balaban J connectivity index is 2.41. The predicted molar refractivity (Wildman–Crippen MR) is 96.4 cm³/mol. The average molecular weight is 375 g/mol. The van der Waals surface area contributed by atoms with Gasteiger partial charge in [-0.15, -0.1) is 0 Å². The fourth-order valence-corrected chi connectivity index (χ4v) is 2.41. The molecule has 0 fully saturated rings. The number of methoxy groups -OCH3 is 1. The van der Waals surface area contributed by atoms with Crippen molar-refractivity contribution >= 4 is 15.8 Å². The minimum absolute atomic E-state index is 0.0000417. The van der Waals surface area contributed by atoms with Crippen LogP contribution in [0.4, 0.5) is 4.39 Å². The van der Waals surface area contributed by atoms with Crippen molar-refractivity contribution in [3.05, 3.63) is 29.6 Å². The number of hydrogen-bond donors (Lipinski definition) is 2. The molecule has 1 atom stereocenters. The van der Waals surface area contributed by atoms with Gasteiger partial charge in [-0.2, -0.15) is 0 Å². The second kappa shape index (κ2) is 10.2. The fraction of sp³-hybridized carbons (Fsp3) is 0.562. The number of sulfone groups is 1. The molecule has 1 unspecified atom stereocenters. The van der Waals surface area contributed by atoms with Crippen LogP contribution in [0.2, 0.25) is 0 Å². The molecule has 1 rings (SSSR count). The quantitative estimate of drug-likeness (QED) is 0.382. The number of nitrogens with zero attached hydrogens (tertiary/aromatic N) is 1. The van der Waals surface area contributed by atoms with Gasteiger partial charge in [0, 0.05) is 19.8 Å². The summed E-state index contributed by atoms with van der Waals surface area (Å²) in [6.45, 7) is 2.86. The standard InChI is InChI=1S/C16H26FN3O4S/c1-12(13-5-6-15(23-3)14(17)11-13)20-16(18-2)19-7-8-24-9-10-25(4,21)22/h5-6,11-12H,7-10H2,1-4H3,(H2,18,19,20). The Morgan fingerprint density at radius 1 is 1.36 bits per heavy atom. The zero-order chi connectivity index (χ0) is 18.9. The number of rotatable bonds is 9. The summed E-state index contributed by atoms with van der Waals surface area (Å²) in [5, 5.41) is 6.19. The first kappa shape index (κ1) is 21.2. The summed E-state index contributed by atoms with van der Waals surface area (Å²) in [6.07, 6.45) is 1.17. The maximum Gasteiger partial charge on any atom is 0.191 e. The van der Waals surface area contributed by atoms with E-state index in [2.05, 4.69) is 15.6 Å². The zero-order valence-electron chi connectivity index (χ0n) is 15.0. The molecule has 9 heteroatoms. The largest absolute Gasteiger partial charge is 0.494 e. The van der Waals surface area contributed by atoms with E-state index in [1.165, 1.54) is 19.4 Å². The molecule has 0 radical (unpaired) electrons. The molecule has 1 aromatic rings. The highest BCUT2D eigenvalue weighted by atomic mass is 32.2. The highest BCUT2D eigenvalue weighted by Gasteiger charge is 2.11. The van der Waals surface area contributed by atoms with Crippen molar-refractivity contribution in [2.24, 2.45) is 4.99 Å². The molecule has 0 amide bonds. The third-order valence-electron chi connectivity index (χ3n) is 3.39. The van der Waals surface area contributed by atoms with E-state index in [9.17, 15) is 12.8 Å². The molecule has 142 valence electrons. The van der Waals surface area contributed by atoms with Crippen molar-refractivity contribution in [3.8, 4) is 5.75 Å². The van der Waals surface area contributed by atoms with Gasteiger partial charge in [-0.1, -0.05) is 6.07 Å². The monoisotopic (exact) mass is 375 g/mol. The molecule has 0 aromatic heterocycles. The van der Waals surface area contributed by atoms with Crippen LogP contribution in [-0.2, 0) is 14.6 Å². The fourth-order valence-electron chi connectivity index (χ4n) is 1.99. The molecule has 25 heavy (non-hydrogen) atoms. The predicted octanol–water partition coefficient (Wildman–Crippen LogP) is 1.12. The summed E-state index contributed by atoms with van der Waals surface area (Å²) < 4.78 is 45.9. The lowest BCUT2D eigenvalue weighted by Crippen LogP contribution is -2.40. The van der Waals surface area contributed by atoms with E-state index >= 15 is 0 Å². The van der Waals surface area contributed by atoms with E-state index in [1.807, 2.05) is 6.92 Å². The normalized spacial score (nSPS) is 13.4. The van der Waals surface area contributed by atoms with Crippen molar-refractivity contribution in [2.45, 2.75) is 13.0 Å². The third-order valence-corrected chi connectivity index (χ3v) is 4.30. The van der Waals surface area contributed by atoms with Gasteiger partial charge in [0.15, 0.2) is 17.5 Å². The van der Waals surface area contributed by atoms with E-state index in [1.54, 1.807) is 19.2 Å². The zero-order valence-corrected chi connectivity index (χ0v) is 15.8. The van der Waals surface area contributed by atoms with Gasteiger partial charge in [0.25, 0.3) is 0 Å². The molecule has 0 saturated carbocycles. The second-order valence-corrected chi connectivity index (χ2v) is 7.76. The van der Waals surface area contributed by atoms with Crippen molar-refractivity contribution in [3.63, 3.8) is 0 Å². The smallest absolute Gasteiger partial charge is 0.191 e. The van der Waals surface area contributed by atoms with Crippen molar-refractivity contribution in [2.75, 3.05) is 45.9 Å². The maximum absolute atomic E-state index is 13.8. The summed E-state index contributed by atoms with van der Waals surface area (Å²) in [5.74, 6) is 0.316. The number of halogens is 1. The second-order valence-electron chi connectivity index (χ2n) is 5.50. The highest BCUT2D eigenvalue weighted by molar-refractivity contribution is 7.90. The van der Waals surface area contributed by atoms with Gasteiger partial charge < -0.3 is 20.1 Å². The van der Waals surface area contributed by atoms with Gasteiger partial charge in [-0.25, -0.2) is 12.8 Å². The van der Waals surface area contributed by atoms with E-state index in [-0.39, 0.29) is 24.2 Å². The van der Waals surface area contributed by atoms with Crippen molar-refractivity contribution < 1.29 is 22.3 Å². The lowest BCUT2D eigenvalue weighted by molar-refractivity contribution is 0.154. The van der Waals surface area contributed by atoms with Gasteiger partial charge in [-0.05, 0) is 24.6 Å². The van der Waals surface area contributed by atoms with Gasteiger partial charge in [-0.3, -0.25) is 4.99 Å². The molecular weight excluding hydrogens is 349 g/mol. The summed E-state index contributed by atoms with van der Waals surface area (Å²) in [5.41, 5.74) is 0.755. The lowest BCUT2D eigenvalue weighted by Gasteiger charge is -2.18. The summed E-state index contributed by atoms with van der Waals surface area (Å²) in [7, 11) is 0.0378. The molecule has 1 aromatic carbocycles. The highest BCUT2D eigenvalue weighted by Crippen LogP contribution is 2.21. The molecule has 0 aliphatic carbocycles. The first-order valence-electron chi connectivity index (χ1n) is 7.83. The Labute approximate surface area is 148 Å². The Hall–Kier alpha value is -1.87. The molecule has 0 aliphatic rings.